The predicted molar refractivity (Wildman–Crippen MR) is 73.4 cm³/mol. The molecule has 1 N–H and O–H groups in total. The van der Waals surface area contributed by atoms with Crippen LogP contribution in [0.4, 0.5) is 0 Å². The second-order valence-electron chi connectivity index (χ2n) is 4.55. The van der Waals surface area contributed by atoms with Crippen molar-refractivity contribution < 1.29 is 16.8 Å². The largest absolute Gasteiger partial charge is 0.242 e. The third-order valence-corrected chi connectivity index (χ3v) is 6.78. The third kappa shape index (κ3) is 3.68. The van der Waals surface area contributed by atoms with E-state index in [1.54, 1.807) is 12.1 Å². The van der Waals surface area contributed by atoms with Crippen molar-refractivity contribution in [2.75, 3.05) is 18.1 Å². The van der Waals surface area contributed by atoms with Crippen LogP contribution < -0.4 is 4.72 Å². The fourth-order valence-electron chi connectivity index (χ4n) is 2.00. The molecule has 1 aromatic carbocycles. The lowest BCUT2D eigenvalue weighted by Gasteiger charge is -2.11. The Morgan fingerprint density at radius 1 is 1.32 bits per heavy atom. The molecule has 1 unspecified atom stereocenters. The number of halogens is 1. The smallest absolute Gasteiger partial charge is 0.229 e. The normalized spacial score (nSPS) is 22.5. The summed E-state index contributed by atoms with van der Waals surface area (Å²) in [5.41, 5.74) is 0. The molecule has 0 saturated carbocycles. The Balaban J connectivity index is 2.05. The lowest BCUT2D eigenvalue weighted by Crippen LogP contribution is -2.30. The number of nitrogens with one attached hydrogen (secondary N) is 1. The van der Waals surface area contributed by atoms with Crippen LogP contribution in [0.15, 0.2) is 29.2 Å². The Labute approximate surface area is 117 Å². The predicted octanol–water partition coefficient (Wildman–Crippen LogP) is 1.05. The summed E-state index contributed by atoms with van der Waals surface area (Å²) >= 11 is 5.83. The summed E-state index contributed by atoms with van der Waals surface area (Å²) in [5, 5.41) is 0.147. The molecule has 1 heterocycles. The van der Waals surface area contributed by atoms with Crippen LogP contribution in [0.5, 0.6) is 0 Å². The average molecular weight is 324 g/mol. The molecule has 5 nitrogen and oxygen atoms in total. The van der Waals surface area contributed by atoms with Crippen LogP contribution in [0, 0.1) is 5.92 Å². The Bertz CT molecular complexity index is 670. The van der Waals surface area contributed by atoms with Gasteiger partial charge in [-0.2, -0.15) is 0 Å². The van der Waals surface area contributed by atoms with Gasteiger partial charge in [0.15, 0.2) is 9.84 Å². The van der Waals surface area contributed by atoms with Gasteiger partial charge in [0.05, 0.1) is 16.5 Å². The van der Waals surface area contributed by atoms with Crippen molar-refractivity contribution in [1.82, 2.24) is 4.72 Å². The Kier molecular flexibility index (Phi) is 4.20. The molecule has 1 atom stereocenters. The molecule has 0 radical (unpaired) electrons. The first-order valence-corrected chi connectivity index (χ1v) is 9.43. The van der Waals surface area contributed by atoms with Crippen LogP contribution in [0.2, 0.25) is 5.02 Å². The number of rotatable bonds is 4. The minimum Gasteiger partial charge on any atom is -0.229 e. The van der Waals surface area contributed by atoms with Crippen molar-refractivity contribution in [2.24, 2.45) is 5.92 Å². The Morgan fingerprint density at radius 2 is 2.00 bits per heavy atom. The van der Waals surface area contributed by atoms with E-state index in [-0.39, 0.29) is 33.9 Å². The maximum absolute atomic E-state index is 12.0. The molecule has 1 saturated heterocycles. The zero-order valence-electron chi connectivity index (χ0n) is 10.0. The fourth-order valence-corrected chi connectivity index (χ4v) is 5.50. The highest BCUT2D eigenvalue weighted by Crippen LogP contribution is 2.22. The minimum absolute atomic E-state index is 0.0116. The van der Waals surface area contributed by atoms with E-state index in [2.05, 4.69) is 4.72 Å². The van der Waals surface area contributed by atoms with Crippen molar-refractivity contribution in [3.8, 4) is 0 Å². The molecule has 1 fully saturated rings. The molecular weight excluding hydrogens is 310 g/mol. The topological polar surface area (TPSA) is 80.3 Å². The first-order chi connectivity index (χ1) is 8.80. The van der Waals surface area contributed by atoms with Gasteiger partial charge in [0.1, 0.15) is 4.90 Å². The SMILES string of the molecule is O=S1(=O)CCC(CNS(=O)(=O)c2ccccc2Cl)C1. The summed E-state index contributed by atoms with van der Waals surface area (Å²) in [4.78, 5) is 0.0116. The molecule has 106 valence electrons. The minimum atomic E-state index is -3.69. The average Bonchev–Trinajstić information content (AvgIpc) is 2.67. The van der Waals surface area contributed by atoms with E-state index in [1.807, 2.05) is 0 Å². The molecule has 2 rings (SSSR count). The van der Waals surface area contributed by atoms with Crippen molar-refractivity contribution in [1.29, 1.82) is 0 Å². The van der Waals surface area contributed by atoms with E-state index in [1.165, 1.54) is 12.1 Å². The monoisotopic (exact) mass is 323 g/mol. The molecule has 8 heteroatoms. The van der Waals surface area contributed by atoms with Crippen molar-refractivity contribution in [3.63, 3.8) is 0 Å². The summed E-state index contributed by atoms with van der Waals surface area (Å²) in [7, 11) is -6.69. The molecule has 0 aliphatic carbocycles. The molecule has 0 bridgehead atoms. The van der Waals surface area contributed by atoms with Gasteiger partial charge < -0.3 is 0 Å². The highest BCUT2D eigenvalue weighted by Gasteiger charge is 2.29. The van der Waals surface area contributed by atoms with Crippen molar-refractivity contribution >= 4 is 31.5 Å². The van der Waals surface area contributed by atoms with Gasteiger partial charge >= 0.3 is 0 Å². The van der Waals surface area contributed by atoms with Gasteiger partial charge in [0, 0.05) is 6.54 Å². The zero-order chi connectivity index (χ0) is 14.1. The molecule has 0 aromatic heterocycles. The van der Waals surface area contributed by atoms with Crippen LogP contribution in [0.3, 0.4) is 0 Å². The van der Waals surface area contributed by atoms with Gasteiger partial charge in [0.2, 0.25) is 10.0 Å². The number of sulfone groups is 1. The summed E-state index contributed by atoms with van der Waals surface area (Å²) < 4.78 is 49.1. The number of hydrogen-bond donors (Lipinski definition) is 1. The fraction of sp³-hybridized carbons (Fsp3) is 0.455. The van der Waals surface area contributed by atoms with Crippen LogP contribution in [0.1, 0.15) is 6.42 Å². The van der Waals surface area contributed by atoms with E-state index < -0.39 is 19.9 Å². The highest BCUT2D eigenvalue weighted by molar-refractivity contribution is 7.91. The molecule has 1 aliphatic rings. The van der Waals surface area contributed by atoms with Gasteiger partial charge in [-0.25, -0.2) is 21.6 Å². The summed E-state index contributed by atoms with van der Waals surface area (Å²) in [6, 6.07) is 6.14. The van der Waals surface area contributed by atoms with Crippen molar-refractivity contribution in [2.45, 2.75) is 11.3 Å². The molecule has 1 aromatic rings. The Morgan fingerprint density at radius 3 is 2.58 bits per heavy atom. The quantitative estimate of drug-likeness (QED) is 0.898. The first kappa shape index (κ1) is 14.8. The standard InChI is InChI=1S/C11H14ClNO4S2/c12-10-3-1-2-4-11(10)19(16,17)13-7-9-5-6-18(14,15)8-9/h1-4,9,13H,5-8H2. The van der Waals surface area contributed by atoms with E-state index in [0.717, 1.165) is 0 Å². The van der Waals surface area contributed by atoms with E-state index in [4.69, 9.17) is 11.6 Å². The first-order valence-electron chi connectivity index (χ1n) is 5.75. The second kappa shape index (κ2) is 5.40. The molecule has 0 spiro atoms. The van der Waals surface area contributed by atoms with Crippen LogP contribution in [-0.4, -0.2) is 34.9 Å². The zero-order valence-corrected chi connectivity index (χ0v) is 12.4. The van der Waals surface area contributed by atoms with E-state index in [9.17, 15) is 16.8 Å². The summed E-state index contributed by atoms with van der Waals surface area (Å²) in [5.74, 6) is 0.00560. The van der Waals surface area contributed by atoms with Gasteiger partial charge in [-0.15, -0.1) is 0 Å². The van der Waals surface area contributed by atoms with Crippen LogP contribution >= 0.6 is 11.6 Å². The number of hydrogen-bond acceptors (Lipinski definition) is 4. The molecule has 0 amide bonds. The van der Waals surface area contributed by atoms with E-state index in [0.29, 0.717) is 6.42 Å². The number of sulfonamides is 1. The summed E-state index contributed by atoms with van der Waals surface area (Å²) in [6.45, 7) is 0.118. The van der Waals surface area contributed by atoms with Gasteiger partial charge in [0.25, 0.3) is 0 Å². The molecule has 1 aliphatic heterocycles. The highest BCUT2D eigenvalue weighted by atomic mass is 35.5. The van der Waals surface area contributed by atoms with Gasteiger partial charge in [-0.3, -0.25) is 0 Å². The number of benzene rings is 1. The van der Waals surface area contributed by atoms with Gasteiger partial charge in [-0.1, -0.05) is 23.7 Å². The molecular formula is C11H14ClNO4S2. The van der Waals surface area contributed by atoms with E-state index >= 15 is 0 Å². The lowest BCUT2D eigenvalue weighted by molar-refractivity contribution is 0.543. The van der Waals surface area contributed by atoms with Crippen LogP contribution in [0.25, 0.3) is 0 Å². The van der Waals surface area contributed by atoms with Crippen LogP contribution in [-0.2, 0) is 19.9 Å². The van der Waals surface area contributed by atoms with Gasteiger partial charge in [-0.05, 0) is 24.5 Å². The second-order valence-corrected chi connectivity index (χ2v) is 8.92. The maximum Gasteiger partial charge on any atom is 0.242 e. The van der Waals surface area contributed by atoms with Crippen molar-refractivity contribution in [3.05, 3.63) is 29.3 Å². The lowest BCUT2D eigenvalue weighted by atomic mass is 10.1. The third-order valence-electron chi connectivity index (χ3n) is 3.01. The summed E-state index contributed by atoms with van der Waals surface area (Å²) in [6.07, 6.45) is 0.493. The maximum atomic E-state index is 12.0. The molecule has 19 heavy (non-hydrogen) atoms. The Hall–Kier alpha value is -0.630.